The second-order valence-electron chi connectivity index (χ2n) is 4.72. The molecule has 1 fully saturated rings. The molecule has 0 aliphatic carbocycles. The zero-order valence-corrected chi connectivity index (χ0v) is 12.4. The Hall–Kier alpha value is -0.870. The molecule has 0 amide bonds. The van der Waals surface area contributed by atoms with Crippen molar-refractivity contribution >= 4 is 16.0 Å². The van der Waals surface area contributed by atoms with Crippen LogP contribution in [0.3, 0.4) is 0 Å². The molecule has 1 rings (SSSR count). The fraction of sp³-hybridized carbons (Fsp3) is 0.909. The smallest absolute Gasteiger partial charge is 0.411 e. The van der Waals surface area contributed by atoms with Gasteiger partial charge in [0.25, 0.3) is 0 Å². The van der Waals surface area contributed by atoms with Crippen molar-refractivity contribution in [1.82, 2.24) is 4.31 Å². The number of carbonyl (C=O) groups is 1. The second-order valence-corrected chi connectivity index (χ2v) is 6.66. The average Bonchev–Trinajstić information content (AvgIpc) is 2.35. The van der Waals surface area contributed by atoms with Gasteiger partial charge in [0.2, 0.25) is 10.0 Å². The number of halogens is 3. The molecule has 1 aliphatic rings. The molecule has 0 radical (unpaired) electrons. The Balaban J connectivity index is 2.39. The van der Waals surface area contributed by atoms with Crippen LogP contribution in [-0.4, -0.2) is 63.5 Å². The predicted molar refractivity (Wildman–Crippen MR) is 67.0 cm³/mol. The minimum absolute atomic E-state index is 0.239. The minimum atomic E-state index is -4.43. The van der Waals surface area contributed by atoms with Crippen molar-refractivity contribution in [2.24, 2.45) is 0 Å². The number of rotatable bonds is 6. The van der Waals surface area contributed by atoms with E-state index in [-0.39, 0.29) is 13.2 Å². The van der Waals surface area contributed by atoms with Gasteiger partial charge in [-0.2, -0.15) is 17.5 Å². The van der Waals surface area contributed by atoms with Crippen LogP contribution in [0.15, 0.2) is 0 Å². The fourth-order valence-electron chi connectivity index (χ4n) is 2.02. The van der Waals surface area contributed by atoms with Gasteiger partial charge in [0.15, 0.2) is 0 Å². The Bertz CT molecular complexity index is 451. The first-order chi connectivity index (χ1) is 9.61. The van der Waals surface area contributed by atoms with Crippen LogP contribution >= 0.6 is 0 Å². The van der Waals surface area contributed by atoms with E-state index in [9.17, 15) is 26.4 Å². The van der Waals surface area contributed by atoms with E-state index in [4.69, 9.17) is 4.74 Å². The van der Waals surface area contributed by atoms with Gasteiger partial charge in [-0.3, -0.25) is 4.79 Å². The lowest BCUT2D eigenvalue weighted by atomic mass is 10.1. The Morgan fingerprint density at radius 3 is 2.52 bits per heavy atom. The third-order valence-corrected chi connectivity index (χ3v) is 4.18. The van der Waals surface area contributed by atoms with E-state index in [1.165, 1.54) is 0 Å². The van der Waals surface area contributed by atoms with Crippen molar-refractivity contribution < 1.29 is 35.9 Å². The van der Waals surface area contributed by atoms with Crippen LogP contribution in [0.4, 0.5) is 13.2 Å². The summed E-state index contributed by atoms with van der Waals surface area (Å²) < 4.78 is 68.7. The Labute approximate surface area is 121 Å². The van der Waals surface area contributed by atoms with Crippen LogP contribution in [-0.2, 0) is 24.3 Å². The standard InChI is InChI=1S/C11H18F3NO5S/c1-21(17,18)15-5-3-2-4-9(15)10(16)20-7-6-19-8-11(12,13)14/h9H,2-8H2,1H3. The first kappa shape index (κ1) is 18.2. The summed E-state index contributed by atoms with van der Waals surface area (Å²) in [6, 6.07) is -0.906. The first-order valence-electron chi connectivity index (χ1n) is 6.39. The third kappa shape index (κ3) is 6.62. The van der Waals surface area contributed by atoms with E-state index >= 15 is 0 Å². The molecule has 1 saturated heterocycles. The summed E-state index contributed by atoms with van der Waals surface area (Å²) in [6.07, 6.45) is -1.73. The molecule has 1 atom stereocenters. The van der Waals surface area contributed by atoms with Gasteiger partial charge in [-0.1, -0.05) is 0 Å². The maximum Gasteiger partial charge on any atom is 0.411 e. The largest absolute Gasteiger partial charge is 0.462 e. The fourth-order valence-corrected chi connectivity index (χ4v) is 3.14. The lowest BCUT2D eigenvalue weighted by Gasteiger charge is -2.31. The Morgan fingerprint density at radius 1 is 1.29 bits per heavy atom. The molecular formula is C11H18F3NO5S. The monoisotopic (exact) mass is 333 g/mol. The van der Waals surface area contributed by atoms with Gasteiger partial charge in [0.1, 0.15) is 19.3 Å². The summed E-state index contributed by atoms with van der Waals surface area (Å²) in [5.74, 6) is -0.754. The number of sulfonamides is 1. The van der Waals surface area contributed by atoms with E-state index in [2.05, 4.69) is 4.74 Å². The van der Waals surface area contributed by atoms with E-state index in [1.807, 2.05) is 0 Å². The lowest BCUT2D eigenvalue weighted by molar-refractivity contribution is -0.178. The van der Waals surface area contributed by atoms with E-state index in [0.29, 0.717) is 19.3 Å². The number of piperidine rings is 1. The topological polar surface area (TPSA) is 72.9 Å². The molecule has 0 spiro atoms. The number of hydrogen-bond acceptors (Lipinski definition) is 5. The molecule has 10 heteroatoms. The molecule has 0 N–H and O–H groups in total. The molecule has 21 heavy (non-hydrogen) atoms. The Morgan fingerprint density at radius 2 is 1.95 bits per heavy atom. The van der Waals surface area contributed by atoms with Crippen molar-refractivity contribution in [3.05, 3.63) is 0 Å². The molecule has 1 heterocycles. The highest BCUT2D eigenvalue weighted by Crippen LogP contribution is 2.21. The van der Waals surface area contributed by atoms with Crippen LogP contribution in [0.5, 0.6) is 0 Å². The van der Waals surface area contributed by atoms with Crippen molar-refractivity contribution in [2.75, 3.05) is 32.6 Å². The van der Waals surface area contributed by atoms with Crippen LogP contribution in [0.1, 0.15) is 19.3 Å². The summed E-state index contributed by atoms with van der Waals surface area (Å²) in [6.45, 7) is -1.91. The van der Waals surface area contributed by atoms with Gasteiger partial charge >= 0.3 is 12.1 Å². The second kappa shape index (κ2) is 7.41. The third-order valence-electron chi connectivity index (χ3n) is 2.89. The molecule has 0 aromatic heterocycles. The molecule has 124 valence electrons. The molecule has 1 unspecified atom stereocenters. The molecule has 0 saturated carbocycles. The highest BCUT2D eigenvalue weighted by molar-refractivity contribution is 7.88. The number of esters is 1. The Kier molecular flexibility index (Phi) is 6.41. The summed E-state index contributed by atoms with van der Waals surface area (Å²) in [7, 11) is -3.52. The average molecular weight is 333 g/mol. The van der Waals surface area contributed by atoms with Crippen molar-refractivity contribution in [3.8, 4) is 0 Å². The maximum atomic E-state index is 11.8. The highest BCUT2D eigenvalue weighted by Gasteiger charge is 2.35. The van der Waals surface area contributed by atoms with E-state index < -0.39 is 41.4 Å². The molecule has 0 aromatic carbocycles. The first-order valence-corrected chi connectivity index (χ1v) is 8.24. The van der Waals surface area contributed by atoms with Gasteiger partial charge in [-0.15, -0.1) is 0 Å². The highest BCUT2D eigenvalue weighted by atomic mass is 32.2. The number of alkyl halides is 3. The summed E-state index contributed by atoms with van der Waals surface area (Å²) in [4.78, 5) is 11.8. The molecular weight excluding hydrogens is 315 g/mol. The van der Waals surface area contributed by atoms with Crippen LogP contribution in [0.25, 0.3) is 0 Å². The number of carbonyl (C=O) groups excluding carboxylic acids is 1. The van der Waals surface area contributed by atoms with E-state index in [0.717, 1.165) is 10.6 Å². The summed E-state index contributed by atoms with van der Waals surface area (Å²) >= 11 is 0. The number of hydrogen-bond donors (Lipinski definition) is 0. The van der Waals surface area contributed by atoms with Crippen LogP contribution in [0, 0.1) is 0 Å². The van der Waals surface area contributed by atoms with Gasteiger partial charge in [0.05, 0.1) is 12.9 Å². The predicted octanol–water partition coefficient (Wildman–Crippen LogP) is 0.923. The van der Waals surface area contributed by atoms with Crippen LogP contribution < -0.4 is 0 Å². The lowest BCUT2D eigenvalue weighted by Crippen LogP contribution is -2.48. The zero-order chi connectivity index (χ0) is 16.1. The van der Waals surface area contributed by atoms with Crippen LogP contribution in [0.2, 0.25) is 0 Å². The molecule has 0 aromatic rings. The van der Waals surface area contributed by atoms with Crippen molar-refractivity contribution in [3.63, 3.8) is 0 Å². The van der Waals surface area contributed by atoms with E-state index in [1.54, 1.807) is 0 Å². The number of ether oxygens (including phenoxy) is 2. The summed E-state index contributed by atoms with van der Waals surface area (Å²) in [5.41, 5.74) is 0. The van der Waals surface area contributed by atoms with Crippen molar-refractivity contribution in [2.45, 2.75) is 31.5 Å². The van der Waals surface area contributed by atoms with Gasteiger partial charge in [0, 0.05) is 6.54 Å². The normalized spacial score (nSPS) is 21.2. The van der Waals surface area contributed by atoms with Crippen molar-refractivity contribution in [1.29, 1.82) is 0 Å². The molecule has 1 aliphatic heterocycles. The summed E-state index contributed by atoms with van der Waals surface area (Å²) in [5, 5.41) is 0. The van der Waals surface area contributed by atoms with Gasteiger partial charge < -0.3 is 9.47 Å². The molecule has 0 bridgehead atoms. The maximum absolute atomic E-state index is 11.8. The molecule has 6 nitrogen and oxygen atoms in total. The van der Waals surface area contributed by atoms with Gasteiger partial charge in [-0.25, -0.2) is 8.42 Å². The quantitative estimate of drug-likeness (QED) is 0.534. The van der Waals surface area contributed by atoms with Gasteiger partial charge in [-0.05, 0) is 19.3 Å². The zero-order valence-electron chi connectivity index (χ0n) is 11.6. The number of nitrogens with zero attached hydrogens (tertiary/aromatic N) is 1. The SMILES string of the molecule is CS(=O)(=O)N1CCCCC1C(=O)OCCOCC(F)(F)F. The minimum Gasteiger partial charge on any atom is -0.462 e.